The Balaban J connectivity index is 3.15. The normalized spacial score (nSPS) is 14.6. The van der Waals surface area contributed by atoms with Crippen LogP contribution >= 0.6 is 0 Å². The lowest BCUT2D eigenvalue weighted by atomic mass is 9.82. The molecule has 0 aliphatic carbocycles. The minimum Gasteiger partial charge on any atom is -0.480 e. The molecule has 1 rings (SSSR count). The van der Waals surface area contributed by atoms with Crippen LogP contribution in [0, 0.1) is 11.8 Å². The van der Waals surface area contributed by atoms with Gasteiger partial charge in [0, 0.05) is 0 Å². The van der Waals surface area contributed by atoms with Crippen LogP contribution < -0.4 is 5.32 Å². The van der Waals surface area contributed by atoms with E-state index in [0.717, 1.165) is 5.56 Å². The lowest BCUT2D eigenvalue weighted by Gasteiger charge is -2.33. The fourth-order valence-electron chi connectivity index (χ4n) is 2.29. The van der Waals surface area contributed by atoms with Crippen molar-refractivity contribution in [2.75, 3.05) is 6.54 Å². The van der Waals surface area contributed by atoms with Crippen LogP contribution in [-0.4, -0.2) is 17.6 Å². The molecule has 1 aromatic carbocycles. The second kappa shape index (κ2) is 6.71. The molecule has 0 aliphatic rings. The molecule has 0 aromatic heterocycles. The topological polar surface area (TPSA) is 49.3 Å². The van der Waals surface area contributed by atoms with Gasteiger partial charge in [0.1, 0.15) is 5.54 Å². The number of rotatable bonds is 7. The zero-order chi connectivity index (χ0) is 14.5. The highest BCUT2D eigenvalue weighted by molar-refractivity contribution is 5.80. The van der Waals surface area contributed by atoms with Crippen molar-refractivity contribution >= 4 is 5.97 Å². The Morgan fingerprint density at radius 2 is 1.74 bits per heavy atom. The van der Waals surface area contributed by atoms with Crippen molar-refractivity contribution in [1.82, 2.24) is 5.32 Å². The third-order valence-corrected chi connectivity index (χ3v) is 3.16. The van der Waals surface area contributed by atoms with Gasteiger partial charge in [-0.2, -0.15) is 0 Å². The van der Waals surface area contributed by atoms with Crippen LogP contribution in [-0.2, 0) is 10.3 Å². The number of carboxylic acid groups (broad SMARTS) is 1. The van der Waals surface area contributed by atoms with Gasteiger partial charge in [-0.25, -0.2) is 4.79 Å². The summed E-state index contributed by atoms with van der Waals surface area (Å²) >= 11 is 0. The molecule has 2 N–H and O–H groups in total. The van der Waals surface area contributed by atoms with Gasteiger partial charge in [0.25, 0.3) is 0 Å². The molecular weight excluding hydrogens is 238 g/mol. The molecule has 1 unspecified atom stereocenters. The van der Waals surface area contributed by atoms with Crippen LogP contribution in [0.4, 0.5) is 0 Å². The molecule has 1 atom stereocenters. The predicted octanol–water partition coefficient (Wildman–Crippen LogP) is 3.26. The zero-order valence-electron chi connectivity index (χ0n) is 12.3. The van der Waals surface area contributed by atoms with E-state index in [0.29, 0.717) is 24.8 Å². The minimum absolute atomic E-state index is 0.302. The Morgan fingerprint density at radius 3 is 2.16 bits per heavy atom. The fraction of sp³-hybridized carbons (Fsp3) is 0.562. The van der Waals surface area contributed by atoms with E-state index >= 15 is 0 Å². The van der Waals surface area contributed by atoms with Gasteiger partial charge in [-0.3, -0.25) is 5.32 Å². The third-order valence-electron chi connectivity index (χ3n) is 3.16. The summed E-state index contributed by atoms with van der Waals surface area (Å²) in [7, 11) is 0. The van der Waals surface area contributed by atoms with Crippen molar-refractivity contribution in [2.24, 2.45) is 11.8 Å². The predicted molar refractivity (Wildman–Crippen MR) is 78.1 cm³/mol. The highest BCUT2D eigenvalue weighted by Crippen LogP contribution is 2.29. The molecule has 0 bridgehead atoms. The summed E-state index contributed by atoms with van der Waals surface area (Å²) in [5, 5.41) is 13.1. The summed E-state index contributed by atoms with van der Waals surface area (Å²) in [5.41, 5.74) is -0.156. The monoisotopic (exact) mass is 263 g/mol. The molecule has 0 heterocycles. The maximum Gasteiger partial charge on any atom is 0.328 e. The number of aliphatic carboxylic acids is 1. The fourth-order valence-corrected chi connectivity index (χ4v) is 2.29. The zero-order valence-corrected chi connectivity index (χ0v) is 12.3. The summed E-state index contributed by atoms with van der Waals surface area (Å²) in [4.78, 5) is 11.9. The molecule has 0 amide bonds. The number of carbonyl (C=O) groups is 1. The van der Waals surface area contributed by atoms with Gasteiger partial charge in [-0.1, -0.05) is 58.0 Å². The van der Waals surface area contributed by atoms with Crippen LogP contribution in [0.15, 0.2) is 30.3 Å². The molecule has 0 saturated heterocycles. The molecule has 3 nitrogen and oxygen atoms in total. The molecule has 106 valence electrons. The van der Waals surface area contributed by atoms with Crippen LogP contribution in [0.3, 0.4) is 0 Å². The first-order valence-electron chi connectivity index (χ1n) is 6.92. The maximum atomic E-state index is 11.9. The number of hydrogen-bond acceptors (Lipinski definition) is 2. The van der Waals surface area contributed by atoms with E-state index in [9.17, 15) is 9.90 Å². The van der Waals surface area contributed by atoms with E-state index < -0.39 is 11.5 Å². The van der Waals surface area contributed by atoms with Crippen LogP contribution in [0.25, 0.3) is 0 Å². The van der Waals surface area contributed by atoms with Crippen molar-refractivity contribution in [1.29, 1.82) is 0 Å². The Morgan fingerprint density at radius 1 is 1.16 bits per heavy atom. The third kappa shape index (κ3) is 4.06. The van der Waals surface area contributed by atoms with Gasteiger partial charge in [0.05, 0.1) is 0 Å². The smallest absolute Gasteiger partial charge is 0.328 e. The summed E-state index contributed by atoms with van der Waals surface area (Å²) in [6.07, 6.45) is 0.582. The van der Waals surface area contributed by atoms with Crippen molar-refractivity contribution in [3.63, 3.8) is 0 Å². The molecule has 0 fully saturated rings. The Labute approximate surface area is 116 Å². The largest absolute Gasteiger partial charge is 0.480 e. The highest BCUT2D eigenvalue weighted by atomic mass is 16.4. The Kier molecular flexibility index (Phi) is 5.55. The molecule has 1 aromatic rings. The quantitative estimate of drug-likeness (QED) is 0.794. The SMILES string of the molecule is CC(C)CNC(CC(C)C)(C(=O)O)c1ccccc1. The van der Waals surface area contributed by atoms with Gasteiger partial charge in [-0.15, -0.1) is 0 Å². The lowest BCUT2D eigenvalue weighted by Crippen LogP contribution is -2.51. The summed E-state index contributed by atoms with van der Waals surface area (Å²) < 4.78 is 0. The molecular formula is C16H25NO2. The number of hydrogen-bond donors (Lipinski definition) is 2. The standard InChI is InChI=1S/C16H25NO2/c1-12(2)10-16(15(18)19,17-11-13(3)4)14-8-6-5-7-9-14/h5-9,12-13,17H,10-11H2,1-4H3,(H,18,19). The van der Waals surface area contributed by atoms with E-state index in [1.807, 2.05) is 30.3 Å². The van der Waals surface area contributed by atoms with Crippen LogP contribution in [0.5, 0.6) is 0 Å². The van der Waals surface area contributed by atoms with Crippen molar-refractivity contribution in [2.45, 2.75) is 39.7 Å². The van der Waals surface area contributed by atoms with Gasteiger partial charge >= 0.3 is 5.97 Å². The Hall–Kier alpha value is -1.35. The molecule has 3 heteroatoms. The minimum atomic E-state index is -0.986. The van der Waals surface area contributed by atoms with E-state index in [1.54, 1.807) is 0 Å². The first-order valence-corrected chi connectivity index (χ1v) is 6.92. The van der Waals surface area contributed by atoms with Gasteiger partial charge in [0.2, 0.25) is 0 Å². The van der Waals surface area contributed by atoms with Gasteiger partial charge < -0.3 is 5.11 Å². The van der Waals surface area contributed by atoms with Crippen molar-refractivity contribution < 1.29 is 9.90 Å². The Bertz CT molecular complexity index is 400. The van der Waals surface area contributed by atoms with Crippen molar-refractivity contribution in [3.05, 3.63) is 35.9 Å². The number of nitrogens with one attached hydrogen (secondary N) is 1. The summed E-state index contributed by atoms with van der Waals surface area (Å²) in [5.74, 6) is -0.0846. The molecule has 0 aliphatic heterocycles. The summed E-state index contributed by atoms with van der Waals surface area (Å²) in [6.45, 7) is 8.96. The van der Waals surface area contributed by atoms with E-state index in [1.165, 1.54) is 0 Å². The molecule has 0 radical (unpaired) electrons. The van der Waals surface area contributed by atoms with Gasteiger partial charge in [0.15, 0.2) is 0 Å². The van der Waals surface area contributed by atoms with Crippen LogP contribution in [0.1, 0.15) is 39.7 Å². The van der Waals surface area contributed by atoms with E-state index in [2.05, 4.69) is 33.0 Å². The average molecular weight is 263 g/mol. The van der Waals surface area contributed by atoms with Crippen LogP contribution in [0.2, 0.25) is 0 Å². The highest BCUT2D eigenvalue weighted by Gasteiger charge is 2.40. The molecule has 0 spiro atoms. The second-order valence-corrected chi connectivity index (χ2v) is 5.95. The lowest BCUT2D eigenvalue weighted by molar-refractivity contribution is -0.146. The second-order valence-electron chi connectivity index (χ2n) is 5.95. The van der Waals surface area contributed by atoms with E-state index in [-0.39, 0.29) is 0 Å². The maximum absolute atomic E-state index is 11.9. The van der Waals surface area contributed by atoms with Gasteiger partial charge in [-0.05, 0) is 30.4 Å². The average Bonchev–Trinajstić information content (AvgIpc) is 2.34. The molecule has 19 heavy (non-hydrogen) atoms. The van der Waals surface area contributed by atoms with Crippen molar-refractivity contribution in [3.8, 4) is 0 Å². The van der Waals surface area contributed by atoms with E-state index in [4.69, 9.17) is 0 Å². The first-order chi connectivity index (χ1) is 8.88. The molecule has 0 saturated carbocycles. The number of benzene rings is 1. The summed E-state index contributed by atoms with van der Waals surface area (Å²) in [6, 6.07) is 9.48. The number of carboxylic acids is 1. The first kappa shape index (κ1) is 15.7.